The Balaban J connectivity index is 2.61. The standard InChI is InChI=1S/C11H15N3/c1-4-14-11-5-9(8(2)3)6-12-10(11)7-13-14/h5-8H,4H2,1-3H3. The summed E-state index contributed by atoms with van der Waals surface area (Å²) in [5.41, 5.74) is 3.39. The van der Waals surface area contributed by atoms with Crippen LogP contribution in [0, 0.1) is 0 Å². The van der Waals surface area contributed by atoms with Crippen LogP contribution in [-0.4, -0.2) is 14.8 Å². The van der Waals surface area contributed by atoms with E-state index >= 15 is 0 Å². The fraction of sp³-hybridized carbons (Fsp3) is 0.455. The quantitative estimate of drug-likeness (QED) is 0.727. The van der Waals surface area contributed by atoms with Gasteiger partial charge in [0.25, 0.3) is 0 Å². The van der Waals surface area contributed by atoms with Crippen LogP contribution in [-0.2, 0) is 6.54 Å². The highest BCUT2D eigenvalue weighted by atomic mass is 15.3. The molecule has 3 heteroatoms. The van der Waals surface area contributed by atoms with Crippen molar-refractivity contribution in [2.24, 2.45) is 0 Å². The zero-order chi connectivity index (χ0) is 10.1. The van der Waals surface area contributed by atoms with Crippen molar-refractivity contribution < 1.29 is 0 Å². The van der Waals surface area contributed by atoms with Crippen molar-refractivity contribution in [1.29, 1.82) is 0 Å². The van der Waals surface area contributed by atoms with E-state index in [2.05, 4.69) is 36.9 Å². The Morgan fingerprint density at radius 2 is 2.14 bits per heavy atom. The molecule has 2 heterocycles. The topological polar surface area (TPSA) is 30.7 Å². The molecule has 14 heavy (non-hydrogen) atoms. The zero-order valence-corrected chi connectivity index (χ0v) is 8.86. The van der Waals surface area contributed by atoms with Crippen molar-refractivity contribution in [3.8, 4) is 0 Å². The lowest BCUT2D eigenvalue weighted by molar-refractivity contribution is 0.683. The van der Waals surface area contributed by atoms with Gasteiger partial charge >= 0.3 is 0 Å². The summed E-state index contributed by atoms with van der Waals surface area (Å²) in [6.07, 6.45) is 3.76. The summed E-state index contributed by atoms with van der Waals surface area (Å²) >= 11 is 0. The van der Waals surface area contributed by atoms with E-state index in [0.29, 0.717) is 5.92 Å². The molecule has 0 saturated carbocycles. The molecule has 0 aliphatic heterocycles. The molecule has 0 aliphatic rings. The smallest absolute Gasteiger partial charge is 0.108 e. The first kappa shape index (κ1) is 9.19. The first-order valence-electron chi connectivity index (χ1n) is 5.04. The summed E-state index contributed by atoms with van der Waals surface area (Å²) in [4.78, 5) is 4.39. The molecule has 74 valence electrons. The lowest BCUT2D eigenvalue weighted by Crippen LogP contribution is -1.97. The number of aryl methyl sites for hydroxylation is 1. The van der Waals surface area contributed by atoms with Gasteiger partial charge in [-0.15, -0.1) is 0 Å². The maximum Gasteiger partial charge on any atom is 0.108 e. The third kappa shape index (κ3) is 1.39. The number of fused-ring (bicyclic) bond motifs is 1. The highest BCUT2D eigenvalue weighted by molar-refractivity contribution is 5.74. The van der Waals surface area contributed by atoms with Crippen LogP contribution < -0.4 is 0 Å². The highest BCUT2D eigenvalue weighted by Crippen LogP contribution is 2.18. The second-order valence-electron chi connectivity index (χ2n) is 3.79. The zero-order valence-electron chi connectivity index (χ0n) is 8.86. The third-order valence-electron chi connectivity index (χ3n) is 2.48. The fourth-order valence-corrected chi connectivity index (χ4v) is 1.54. The van der Waals surface area contributed by atoms with Crippen molar-refractivity contribution in [1.82, 2.24) is 14.8 Å². The molecule has 0 atom stereocenters. The molecule has 0 amide bonds. The average molecular weight is 189 g/mol. The van der Waals surface area contributed by atoms with E-state index in [0.717, 1.165) is 17.6 Å². The molecule has 3 nitrogen and oxygen atoms in total. The summed E-state index contributed by atoms with van der Waals surface area (Å²) in [5.74, 6) is 0.520. The van der Waals surface area contributed by atoms with Crippen molar-refractivity contribution >= 4 is 11.0 Å². The molecule has 0 saturated heterocycles. The maximum absolute atomic E-state index is 4.39. The Morgan fingerprint density at radius 3 is 2.79 bits per heavy atom. The van der Waals surface area contributed by atoms with Gasteiger partial charge in [-0.2, -0.15) is 5.10 Å². The Morgan fingerprint density at radius 1 is 1.36 bits per heavy atom. The minimum Gasteiger partial charge on any atom is -0.263 e. The van der Waals surface area contributed by atoms with Gasteiger partial charge in [-0.05, 0) is 24.5 Å². The first-order chi connectivity index (χ1) is 6.72. The maximum atomic E-state index is 4.39. The van der Waals surface area contributed by atoms with E-state index in [1.807, 2.05) is 17.1 Å². The van der Waals surface area contributed by atoms with Crippen LogP contribution in [0.5, 0.6) is 0 Å². The molecule has 0 spiro atoms. The number of nitrogens with zero attached hydrogens (tertiary/aromatic N) is 3. The molecule has 0 unspecified atom stereocenters. The van der Waals surface area contributed by atoms with Gasteiger partial charge in [0.15, 0.2) is 0 Å². The van der Waals surface area contributed by atoms with Crippen LogP contribution in [0.3, 0.4) is 0 Å². The summed E-state index contributed by atoms with van der Waals surface area (Å²) in [6, 6.07) is 2.18. The van der Waals surface area contributed by atoms with Crippen LogP contribution in [0.4, 0.5) is 0 Å². The van der Waals surface area contributed by atoms with Crippen LogP contribution >= 0.6 is 0 Å². The van der Waals surface area contributed by atoms with Gasteiger partial charge in [-0.3, -0.25) is 9.67 Å². The second-order valence-corrected chi connectivity index (χ2v) is 3.79. The Labute approximate surface area is 83.8 Å². The molecular formula is C11H15N3. The molecule has 2 aromatic rings. The van der Waals surface area contributed by atoms with Gasteiger partial charge in [0.2, 0.25) is 0 Å². The molecule has 0 radical (unpaired) electrons. The number of aromatic nitrogens is 3. The van der Waals surface area contributed by atoms with Crippen molar-refractivity contribution in [2.75, 3.05) is 0 Å². The van der Waals surface area contributed by atoms with E-state index in [4.69, 9.17) is 0 Å². The lowest BCUT2D eigenvalue weighted by atomic mass is 10.1. The molecule has 0 aromatic carbocycles. The second kappa shape index (κ2) is 3.40. The summed E-state index contributed by atoms with van der Waals surface area (Å²) < 4.78 is 1.98. The van der Waals surface area contributed by atoms with Gasteiger partial charge in [-0.25, -0.2) is 0 Å². The van der Waals surface area contributed by atoms with Gasteiger partial charge in [-0.1, -0.05) is 13.8 Å². The minimum atomic E-state index is 0.520. The molecule has 2 rings (SSSR count). The SMILES string of the molecule is CCn1ncc2ncc(C(C)C)cc21. The molecule has 0 bridgehead atoms. The van der Waals surface area contributed by atoms with E-state index in [1.54, 1.807) is 0 Å². The molecular weight excluding hydrogens is 174 g/mol. The van der Waals surface area contributed by atoms with Gasteiger partial charge in [0.1, 0.15) is 5.52 Å². The Kier molecular flexibility index (Phi) is 2.23. The summed E-state index contributed by atoms with van der Waals surface area (Å²) in [7, 11) is 0. The summed E-state index contributed by atoms with van der Waals surface area (Å²) in [6.45, 7) is 7.34. The first-order valence-corrected chi connectivity index (χ1v) is 5.04. The van der Waals surface area contributed by atoms with E-state index < -0.39 is 0 Å². The van der Waals surface area contributed by atoms with Gasteiger partial charge in [0.05, 0.1) is 11.7 Å². The lowest BCUT2D eigenvalue weighted by Gasteiger charge is -2.05. The molecule has 0 N–H and O–H groups in total. The average Bonchev–Trinajstić information content (AvgIpc) is 2.59. The predicted octanol–water partition coefficient (Wildman–Crippen LogP) is 2.57. The third-order valence-corrected chi connectivity index (χ3v) is 2.48. The van der Waals surface area contributed by atoms with Crippen LogP contribution in [0.15, 0.2) is 18.5 Å². The molecule has 0 fully saturated rings. The van der Waals surface area contributed by atoms with Crippen LogP contribution in [0.25, 0.3) is 11.0 Å². The van der Waals surface area contributed by atoms with Crippen molar-refractivity contribution in [3.63, 3.8) is 0 Å². The minimum absolute atomic E-state index is 0.520. The van der Waals surface area contributed by atoms with Crippen LogP contribution in [0.1, 0.15) is 32.3 Å². The van der Waals surface area contributed by atoms with Gasteiger partial charge in [0, 0.05) is 12.7 Å². The number of hydrogen-bond donors (Lipinski definition) is 0. The highest BCUT2D eigenvalue weighted by Gasteiger charge is 2.05. The largest absolute Gasteiger partial charge is 0.263 e. The van der Waals surface area contributed by atoms with Crippen LogP contribution in [0.2, 0.25) is 0 Å². The van der Waals surface area contributed by atoms with E-state index in [1.165, 1.54) is 5.56 Å². The monoisotopic (exact) mass is 189 g/mol. The summed E-state index contributed by atoms with van der Waals surface area (Å²) in [5, 5.41) is 4.27. The number of pyridine rings is 1. The van der Waals surface area contributed by atoms with Crippen molar-refractivity contribution in [2.45, 2.75) is 33.2 Å². The van der Waals surface area contributed by atoms with Gasteiger partial charge < -0.3 is 0 Å². The van der Waals surface area contributed by atoms with E-state index in [9.17, 15) is 0 Å². The van der Waals surface area contributed by atoms with E-state index in [-0.39, 0.29) is 0 Å². The van der Waals surface area contributed by atoms with Crippen molar-refractivity contribution in [3.05, 3.63) is 24.0 Å². The number of hydrogen-bond acceptors (Lipinski definition) is 2. The molecule has 0 aliphatic carbocycles. The predicted molar refractivity (Wildman–Crippen MR) is 57.3 cm³/mol. The molecule has 2 aromatic heterocycles. The Bertz CT molecular complexity index is 443. The number of rotatable bonds is 2. The fourth-order valence-electron chi connectivity index (χ4n) is 1.54. The Hall–Kier alpha value is -1.38. The normalized spacial score (nSPS) is 11.4.